The molecule has 1 aromatic carbocycles. The lowest BCUT2D eigenvalue weighted by Gasteiger charge is -2.17. The van der Waals surface area contributed by atoms with Crippen molar-refractivity contribution in [3.8, 4) is 0 Å². The molecule has 0 atom stereocenters. The Balaban J connectivity index is 1.88. The average Bonchev–Trinajstić information content (AvgIpc) is 3.01. The summed E-state index contributed by atoms with van der Waals surface area (Å²) >= 11 is 1.52. The number of likely N-dealkylation sites (N-methyl/N-ethyl adjacent to an activating group) is 1. The number of aryl methyl sites for hydroxylation is 1. The predicted octanol–water partition coefficient (Wildman–Crippen LogP) is 2.68. The Morgan fingerprint density at radius 1 is 1.30 bits per heavy atom. The van der Waals surface area contributed by atoms with E-state index in [2.05, 4.69) is 4.98 Å². The van der Waals surface area contributed by atoms with Gasteiger partial charge in [-0.2, -0.15) is 0 Å². The summed E-state index contributed by atoms with van der Waals surface area (Å²) in [5.74, 6) is -0.162. The second kappa shape index (κ2) is 6.34. The Morgan fingerprint density at radius 2 is 2.04 bits per heavy atom. The van der Waals surface area contributed by atoms with E-state index in [0.29, 0.717) is 5.39 Å². The predicted molar refractivity (Wildman–Crippen MR) is 93.1 cm³/mol. The van der Waals surface area contributed by atoms with Crippen LogP contribution in [-0.2, 0) is 17.8 Å². The summed E-state index contributed by atoms with van der Waals surface area (Å²) in [5, 5.41) is 0.588. The molecule has 0 aliphatic heterocycles. The Morgan fingerprint density at radius 3 is 2.74 bits per heavy atom. The molecule has 2 aromatic heterocycles. The van der Waals surface area contributed by atoms with Gasteiger partial charge in [0.2, 0.25) is 5.91 Å². The fourth-order valence-corrected chi connectivity index (χ4v) is 3.27. The summed E-state index contributed by atoms with van der Waals surface area (Å²) < 4.78 is 1.37. The minimum Gasteiger partial charge on any atom is -0.314 e. The minimum absolute atomic E-state index is 0.0233. The molecule has 0 bridgehead atoms. The normalized spacial score (nSPS) is 10.9. The van der Waals surface area contributed by atoms with Crippen molar-refractivity contribution in [3.05, 3.63) is 58.0 Å². The average molecular weight is 327 g/mol. The lowest BCUT2D eigenvalue weighted by atomic mass is 10.3. The smallest absolute Gasteiger partial charge is 0.262 e. The van der Waals surface area contributed by atoms with Gasteiger partial charge in [0.1, 0.15) is 11.4 Å². The molecule has 1 amide bonds. The number of carbonyl (C=O) groups excluding carboxylic acids is 1. The Labute approximate surface area is 137 Å². The molecule has 0 saturated heterocycles. The number of hydrogen-bond donors (Lipinski definition) is 0. The zero-order valence-electron chi connectivity index (χ0n) is 13.0. The van der Waals surface area contributed by atoms with Crippen LogP contribution in [0.4, 0.5) is 5.69 Å². The first-order valence-corrected chi connectivity index (χ1v) is 8.21. The third kappa shape index (κ3) is 3.03. The first-order chi connectivity index (χ1) is 11.1. The molecule has 3 aromatic rings. The summed E-state index contributed by atoms with van der Waals surface area (Å²) in [4.78, 5) is 32.6. The number of para-hydroxylation sites is 1. The highest BCUT2D eigenvalue weighted by Crippen LogP contribution is 2.21. The molecular weight excluding hydrogens is 310 g/mol. The molecule has 0 fully saturated rings. The van der Waals surface area contributed by atoms with Crippen molar-refractivity contribution in [1.29, 1.82) is 0 Å². The summed E-state index contributed by atoms with van der Waals surface area (Å²) in [6.07, 6.45) is 2.33. The number of benzene rings is 1. The highest BCUT2D eigenvalue weighted by atomic mass is 32.1. The number of carbonyl (C=O) groups is 1. The van der Waals surface area contributed by atoms with Crippen LogP contribution >= 0.6 is 11.3 Å². The first kappa shape index (κ1) is 15.4. The van der Waals surface area contributed by atoms with E-state index in [-0.39, 0.29) is 18.0 Å². The van der Waals surface area contributed by atoms with Gasteiger partial charge in [0, 0.05) is 17.6 Å². The Bertz CT molecular complexity index is 899. The van der Waals surface area contributed by atoms with Gasteiger partial charge in [-0.1, -0.05) is 25.1 Å². The summed E-state index contributed by atoms with van der Waals surface area (Å²) in [6.45, 7) is 2.02. The fraction of sp³-hybridized carbons (Fsp3) is 0.235. The van der Waals surface area contributed by atoms with Gasteiger partial charge in [-0.15, -0.1) is 11.3 Å². The van der Waals surface area contributed by atoms with E-state index < -0.39 is 0 Å². The highest BCUT2D eigenvalue weighted by Gasteiger charge is 2.14. The van der Waals surface area contributed by atoms with Crippen LogP contribution in [0.15, 0.2) is 47.5 Å². The van der Waals surface area contributed by atoms with Gasteiger partial charge < -0.3 is 4.90 Å². The molecule has 0 spiro atoms. The summed E-state index contributed by atoms with van der Waals surface area (Å²) in [6, 6.07) is 11.2. The van der Waals surface area contributed by atoms with Gasteiger partial charge in [-0.25, -0.2) is 4.98 Å². The topological polar surface area (TPSA) is 55.2 Å². The standard InChI is InChI=1S/C17H17N3O2S/c1-3-13-9-14-16(23-13)18-11-20(17(14)22)10-15(21)19(2)12-7-5-4-6-8-12/h4-9,11H,3,10H2,1-2H3. The van der Waals surface area contributed by atoms with Crippen LogP contribution in [0.25, 0.3) is 10.2 Å². The molecule has 5 nitrogen and oxygen atoms in total. The molecule has 0 aliphatic rings. The number of aromatic nitrogens is 2. The van der Waals surface area contributed by atoms with Crippen molar-refractivity contribution in [1.82, 2.24) is 9.55 Å². The van der Waals surface area contributed by atoms with Crippen molar-refractivity contribution >= 4 is 33.1 Å². The van der Waals surface area contributed by atoms with Crippen LogP contribution in [-0.4, -0.2) is 22.5 Å². The maximum Gasteiger partial charge on any atom is 0.262 e. The number of thiophene rings is 1. The minimum atomic E-state index is -0.166. The largest absolute Gasteiger partial charge is 0.314 e. The molecule has 0 N–H and O–H groups in total. The molecular formula is C17H17N3O2S. The number of nitrogens with zero attached hydrogens (tertiary/aromatic N) is 3. The molecule has 0 saturated carbocycles. The zero-order valence-corrected chi connectivity index (χ0v) is 13.8. The lowest BCUT2D eigenvalue weighted by molar-refractivity contribution is -0.118. The van der Waals surface area contributed by atoms with E-state index in [0.717, 1.165) is 21.8 Å². The lowest BCUT2D eigenvalue weighted by Crippen LogP contribution is -2.33. The van der Waals surface area contributed by atoms with Crippen LogP contribution in [0.1, 0.15) is 11.8 Å². The maximum atomic E-state index is 12.5. The van der Waals surface area contributed by atoms with E-state index in [9.17, 15) is 9.59 Å². The Hall–Kier alpha value is -2.47. The Kier molecular flexibility index (Phi) is 4.25. The van der Waals surface area contributed by atoms with E-state index in [1.807, 2.05) is 43.3 Å². The maximum absolute atomic E-state index is 12.5. The van der Waals surface area contributed by atoms with Gasteiger partial charge in [0.05, 0.1) is 11.7 Å². The number of amides is 1. The van der Waals surface area contributed by atoms with Crippen molar-refractivity contribution in [2.45, 2.75) is 19.9 Å². The van der Waals surface area contributed by atoms with Gasteiger partial charge in [-0.05, 0) is 24.6 Å². The first-order valence-electron chi connectivity index (χ1n) is 7.39. The molecule has 3 rings (SSSR count). The molecule has 118 valence electrons. The number of rotatable bonds is 4. The monoisotopic (exact) mass is 327 g/mol. The summed E-state index contributed by atoms with van der Waals surface area (Å²) in [5.41, 5.74) is 0.629. The van der Waals surface area contributed by atoms with Crippen LogP contribution in [0, 0.1) is 0 Å². The van der Waals surface area contributed by atoms with Gasteiger partial charge in [0.25, 0.3) is 5.56 Å². The van der Waals surface area contributed by atoms with E-state index in [4.69, 9.17) is 0 Å². The second-order valence-electron chi connectivity index (χ2n) is 5.25. The van der Waals surface area contributed by atoms with Gasteiger partial charge >= 0.3 is 0 Å². The second-order valence-corrected chi connectivity index (χ2v) is 6.37. The zero-order chi connectivity index (χ0) is 16.4. The number of anilines is 1. The van der Waals surface area contributed by atoms with E-state index in [1.54, 1.807) is 11.9 Å². The van der Waals surface area contributed by atoms with Crippen molar-refractivity contribution < 1.29 is 4.79 Å². The molecule has 0 unspecified atom stereocenters. The molecule has 0 aliphatic carbocycles. The molecule has 23 heavy (non-hydrogen) atoms. The third-order valence-corrected chi connectivity index (χ3v) is 4.93. The van der Waals surface area contributed by atoms with Gasteiger partial charge in [0.15, 0.2) is 0 Å². The third-order valence-electron chi connectivity index (χ3n) is 3.74. The number of hydrogen-bond acceptors (Lipinski definition) is 4. The van der Waals surface area contributed by atoms with Crippen molar-refractivity contribution in [3.63, 3.8) is 0 Å². The highest BCUT2D eigenvalue weighted by molar-refractivity contribution is 7.18. The number of fused-ring (bicyclic) bond motifs is 1. The SMILES string of the molecule is CCc1cc2c(=O)n(CC(=O)N(C)c3ccccc3)cnc2s1. The van der Waals surface area contributed by atoms with E-state index >= 15 is 0 Å². The van der Waals surface area contributed by atoms with Gasteiger partial charge in [-0.3, -0.25) is 14.2 Å². The molecule has 0 radical (unpaired) electrons. The van der Waals surface area contributed by atoms with Crippen molar-refractivity contribution in [2.75, 3.05) is 11.9 Å². The van der Waals surface area contributed by atoms with Crippen LogP contribution in [0.5, 0.6) is 0 Å². The molecule has 6 heteroatoms. The van der Waals surface area contributed by atoms with Crippen LogP contribution in [0.2, 0.25) is 0 Å². The summed E-state index contributed by atoms with van der Waals surface area (Å²) in [7, 11) is 1.70. The van der Waals surface area contributed by atoms with Crippen molar-refractivity contribution in [2.24, 2.45) is 0 Å². The quantitative estimate of drug-likeness (QED) is 0.740. The molecule has 2 heterocycles. The van der Waals surface area contributed by atoms with E-state index in [1.165, 1.54) is 22.2 Å². The van der Waals surface area contributed by atoms with Crippen LogP contribution < -0.4 is 10.5 Å². The van der Waals surface area contributed by atoms with Crippen LogP contribution in [0.3, 0.4) is 0 Å². The fourth-order valence-electron chi connectivity index (χ4n) is 2.34.